The van der Waals surface area contributed by atoms with Gasteiger partial charge in [-0.1, -0.05) is 0 Å². The number of benzene rings is 1. The van der Waals surface area contributed by atoms with E-state index in [-0.39, 0.29) is 17.7 Å². The fraction of sp³-hybridized carbons (Fsp3) is 0.500. The molecule has 0 bridgehead atoms. The highest BCUT2D eigenvalue weighted by molar-refractivity contribution is 5.94. The Labute approximate surface area is 124 Å². The van der Waals surface area contributed by atoms with Gasteiger partial charge in [0.1, 0.15) is 0 Å². The van der Waals surface area contributed by atoms with Crippen molar-refractivity contribution in [1.82, 2.24) is 5.32 Å². The van der Waals surface area contributed by atoms with E-state index >= 15 is 0 Å². The molecular formula is C16H21N3O2. The van der Waals surface area contributed by atoms with Crippen LogP contribution in [-0.4, -0.2) is 31.4 Å². The van der Waals surface area contributed by atoms with Crippen LogP contribution in [0.1, 0.15) is 25.7 Å². The molecule has 2 heterocycles. The first-order valence-electron chi connectivity index (χ1n) is 7.65. The third-order valence-electron chi connectivity index (χ3n) is 4.24. The van der Waals surface area contributed by atoms with E-state index in [9.17, 15) is 9.59 Å². The SMILES string of the molecule is O=C1CCC(C(=O)Nc2ccc(N3CCCC3)cc2)CN1. The van der Waals surface area contributed by atoms with Gasteiger partial charge in [0.15, 0.2) is 0 Å². The Morgan fingerprint density at radius 1 is 1.19 bits per heavy atom. The first-order chi connectivity index (χ1) is 10.2. The molecule has 0 spiro atoms. The molecule has 2 aliphatic heterocycles. The van der Waals surface area contributed by atoms with Crippen LogP contribution >= 0.6 is 0 Å². The summed E-state index contributed by atoms with van der Waals surface area (Å²) in [4.78, 5) is 25.6. The van der Waals surface area contributed by atoms with Gasteiger partial charge in [-0.3, -0.25) is 9.59 Å². The zero-order valence-electron chi connectivity index (χ0n) is 12.1. The summed E-state index contributed by atoms with van der Waals surface area (Å²) in [6.45, 7) is 2.68. The summed E-state index contributed by atoms with van der Waals surface area (Å²) in [6.07, 6.45) is 3.58. The van der Waals surface area contributed by atoms with Crippen molar-refractivity contribution in [3.63, 3.8) is 0 Å². The molecule has 2 fully saturated rings. The van der Waals surface area contributed by atoms with Crippen LogP contribution in [0.3, 0.4) is 0 Å². The molecule has 0 aliphatic carbocycles. The van der Waals surface area contributed by atoms with Gasteiger partial charge in [0, 0.05) is 37.4 Å². The Hall–Kier alpha value is -2.04. The largest absolute Gasteiger partial charge is 0.372 e. The van der Waals surface area contributed by atoms with Gasteiger partial charge in [-0.2, -0.15) is 0 Å². The van der Waals surface area contributed by atoms with Crippen molar-refractivity contribution in [1.29, 1.82) is 0 Å². The van der Waals surface area contributed by atoms with Crippen LogP contribution < -0.4 is 15.5 Å². The van der Waals surface area contributed by atoms with Gasteiger partial charge in [-0.25, -0.2) is 0 Å². The lowest BCUT2D eigenvalue weighted by molar-refractivity contribution is -0.126. The first kappa shape index (κ1) is 13.9. The minimum atomic E-state index is -0.124. The van der Waals surface area contributed by atoms with Crippen molar-refractivity contribution < 1.29 is 9.59 Å². The molecule has 2 amide bonds. The van der Waals surface area contributed by atoms with Crippen molar-refractivity contribution in [3.8, 4) is 0 Å². The zero-order valence-corrected chi connectivity index (χ0v) is 12.1. The second-order valence-corrected chi connectivity index (χ2v) is 5.77. The van der Waals surface area contributed by atoms with Crippen molar-refractivity contribution in [2.75, 3.05) is 29.9 Å². The Balaban J connectivity index is 1.57. The highest BCUT2D eigenvalue weighted by atomic mass is 16.2. The van der Waals surface area contributed by atoms with Gasteiger partial charge in [0.05, 0.1) is 5.92 Å². The van der Waals surface area contributed by atoms with E-state index in [1.807, 2.05) is 12.1 Å². The van der Waals surface area contributed by atoms with Crippen LogP contribution in [0.2, 0.25) is 0 Å². The molecular weight excluding hydrogens is 266 g/mol. The Kier molecular flexibility index (Phi) is 4.08. The fourth-order valence-electron chi connectivity index (χ4n) is 2.93. The molecule has 0 aromatic heterocycles. The summed E-state index contributed by atoms with van der Waals surface area (Å²) < 4.78 is 0. The number of nitrogens with one attached hydrogen (secondary N) is 2. The van der Waals surface area contributed by atoms with Crippen LogP contribution in [0.5, 0.6) is 0 Å². The maximum Gasteiger partial charge on any atom is 0.229 e. The third kappa shape index (κ3) is 3.35. The standard InChI is InChI=1S/C16H21N3O2/c20-15-8-3-12(11-17-15)16(21)18-13-4-6-14(7-5-13)19-9-1-2-10-19/h4-7,12H,1-3,8-11H2,(H,17,20)(H,18,21). The average molecular weight is 287 g/mol. The second-order valence-electron chi connectivity index (χ2n) is 5.77. The molecule has 2 saturated heterocycles. The van der Waals surface area contributed by atoms with Crippen molar-refractivity contribution in [2.24, 2.45) is 5.92 Å². The molecule has 1 aromatic rings. The van der Waals surface area contributed by atoms with Crippen LogP contribution in [0.25, 0.3) is 0 Å². The fourth-order valence-corrected chi connectivity index (χ4v) is 2.93. The number of piperidine rings is 1. The zero-order chi connectivity index (χ0) is 14.7. The van der Waals surface area contributed by atoms with E-state index in [1.54, 1.807) is 0 Å². The Bertz CT molecular complexity index is 511. The van der Waals surface area contributed by atoms with Gasteiger partial charge in [-0.05, 0) is 43.5 Å². The van der Waals surface area contributed by atoms with E-state index < -0.39 is 0 Å². The molecule has 0 radical (unpaired) electrons. The topological polar surface area (TPSA) is 61.4 Å². The maximum atomic E-state index is 12.1. The summed E-state index contributed by atoms with van der Waals surface area (Å²) in [5.41, 5.74) is 2.04. The lowest BCUT2D eigenvalue weighted by Gasteiger charge is -2.22. The van der Waals surface area contributed by atoms with Crippen LogP contribution in [-0.2, 0) is 9.59 Å². The number of amides is 2. The normalized spacial score (nSPS) is 22.0. The molecule has 1 unspecified atom stereocenters. The van der Waals surface area contributed by atoms with E-state index in [1.165, 1.54) is 18.5 Å². The minimum Gasteiger partial charge on any atom is -0.372 e. The highest BCUT2D eigenvalue weighted by Crippen LogP contribution is 2.22. The molecule has 112 valence electrons. The summed E-state index contributed by atoms with van der Waals surface area (Å²) in [5.74, 6) is -0.0982. The summed E-state index contributed by atoms with van der Waals surface area (Å²) in [6, 6.07) is 8.02. The van der Waals surface area contributed by atoms with Crippen LogP contribution in [0, 0.1) is 5.92 Å². The molecule has 0 saturated carbocycles. The number of rotatable bonds is 3. The molecule has 2 aliphatic rings. The number of carbonyl (C=O) groups is 2. The quantitative estimate of drug-likeness (QED) is 0.890. The smallest absolute Gasteiger partial charge is 0.229 e. The van der Waals surface area contributed by atoms with Crippen molar-refractivity contribution >= 4 is 23.2 Å². The van der Waals surface area contributed by atoms with Crippen molar-refractivity contribution in [2.45, 2.75) is 25.7 Å². The molecule has 5 heteroatoms. The molecule has 3 rings (SSSR count). The first-order valence-corrected chi connectivity index (χ1v) is 7.65. The second kappa shape index (κ2) is 6.16. The predicted molar refractivity (Wildman–Crippen MR) is 82.3 cm³/mol. The van der Waals surface area contributed by atoms with E-state index in [0.29, 0.717) is 19.4 Å². The lowest BCUT2D eigenvalue weighted by Crippen LogP contribution is -2.40. The molecule has 1 aromatic carbocycles. The minimum absolute atomic E-state index is 0.0103. The number of hydrogen-bond donors (Lipinski definition) is 2. The summed E-state index contributed by atoms with van der Waals surface area (Å²) in [5, 5.41) is 5.67. The molecule has 5 nitrogen and oxygen atoms in total. The van der Waals surface area contributed by atoms with Crippen LogP contribution in [0.15, 0.2) is 24.3 Å². The number of carbonyl (C=O) groups excluding carboxylic acids is 2. The average Bonchev–Trinajstić information content (AvgIpc) is 3.03. The van der Waals surface area contributed by atoms with E-state index in [4.69, 9.17) is 0 Å². The molecule has 21 heavy (non-hydrogen) atoms. The van der Waals surface area contributed by atoms with Gasteiger partial charge in [-0.15, -0.1) is 0 Å². The predicted octanol–water partition coefficient (Wildman–Crippen LogP) is 1.75. The van der Waals surface area contributed by atoms with Gasteiger partial charge >= 0.3 is 0 Å². The summed E-state index contributed by atoms with van der Waals surface area (Å²) >= 11 is 0. The van der Waals surface area contributed by atoms with E-state index in [0.717, 1.165) is 18.8 Å². The number of anilines is 2. The third-order valence-corrected chi connectivity index (χ3v) is 4.24. The van der Waals surface area contributed by atoms with Gasteiger partial charge in [0.25, 0.3) is 0 Å². The summed E-state index contributed by atoms with van der Waals surface area (Å²) in [7, 11) is 0. The van der Waals surface area contributed by atoms with Gasteiger partial charge in [0.2, 0.25) is 11.8 Å². The Morgan fingerprint density at radius 3 is 2.52 bits per heavy atom. The van der Waals surface area contributed by atoms with Gasteiger partial charge < -0.3 is 15.5 Å². The maximum absolute atomic E-state index is 12.1. The number of hydrogen-bond acceptors (Lipinski definition) is 3. The lowest BCUT2D eigenvalue weighted by atomic mass is 9.98. The molecule has 1 atom stereocenters. The highest BCUT2D eigenvalue weighted by Gasteiger charge is 2.24. The Morgan fingerprint density at radius 2 is 1.90 bits per heavy atom. The van der Waals surface area contributed by atoms with E-state index in [2.05, 4.69) is 27.7 Å². The van der Waals surface area contributed by atoms with Crippen molar-refractivity contribution in [3.05, 3.63) is 24.3 Å². The monoisotopic (exact) mass is 287 g/mol. The van der Waals surface area contributed by atoms with Crippen LogP contribution in [0.4, 0.5) is 11.4 Å². The molecule has 2 N–H and O–H groups in total. The number of nitrogens with zero attached hydrogens (tertiary/aromatic N) is 1.